The first-order valence-corrected chi connectivity index (χ1v) is 7.31. The maximum absolute atomic E-state index is 10.8. The maximum atomic E-state index is 10.8. The fourth-order valence-electron chi connectivity index (χ4n) is 2.50. The number of nitrogens with one attached hydrogen (secondary N) is 1. The van der Waals surface area contributed by atoms with Crippen molar-refractivity contribution >= 4 is 11.4 Å². The second-order valence-electron chi connectivity index (χ2n) is 6.36. The highest BCUT2D eigenvalue weighted by Gasteiger charge is 2.15. The molecule has 0 fully saturated rings. The van der Waals surface area contributed by atoms with Crippen molar-refractivity contribution in [1.82, 2.24) is 0 Å². The second kappa shape index (κ2) is 7.27. The molecule has 0 heterocycles. The number of benzene rings is 1. The zero-order valence-electron chi connectivity index (χ0n) is 13.1. The number of anilines is 1. The Hall–Kier alpha value is -1.58. The molecule has 0 atom stereocenters. The van der Waals surface area contributed by atoms with E-state index < -0.39 is 0 Å². The SMILES string of the molecule is Cc1cc([N+](=O)[O-])ccc1NC(CC(C)C)CC(C)C. The van der Waals surface area contributed by atoms with Crippen LogP contribution < -0.4 is 5.32 Å². The summed E-state index contributed by atoms with van der Waals surface area (Å²) < 4.78 is 0. The molecule has 0 radical (unpaired) electrons. The van der Waals surface area contributed by atoms with E-state index in [4.69, 9.17) is 0 Å². The van der Waals surface area contributed by atoms with Gasteiger partial charge in [0, 0.05) is 23.9 Å². The topological polar surface area (TPSA) is 55.2 Å². The Balaban J connectivity index is 2.84. The van der Waals surface area contributed by atoms with Crippen LogP contribution in [0.15, 0.2) is 18.2 Å². The standard InChI is InChI=1S/C16H26N2O2/c1-11(2)8-14(9-12(3)4)17-16-7-6-15(18(19)20)10-13(16)5/h6-7,10-12,14,17H,8-9H2,1-5H3. The molecule has 0 saturated carbocycles. The van der Waals surface area contributed by atoms with Gasteiger partial charge in [-0.05, 0) is 43.2 Å². The average Bonchev–Trinajstić information content (AvgIpc) is 2.29. The highest BCUT2D eigenvalue weighted by Crippen LogP contribution is 2.24. The summed E-state index contributed by atoms with van der Waals surface area (Å²) in [5.41, 5.74) is 2.08. The molecule has 1 N–H and O–H groups in total. The van der Waals surface area contributed by atoms with E-state index in [1.165, 1.54) is 0 Å². The van der Waals surface area contributed by atoms with E-state index in [1.54, 1.807) is 12.1 Å². The molecule has 1 rings (SSSR count). The van der Waals surface area contributed by atoms with Gasteiger partial charge in [-0.1, -0.05) is 27.7 Å². The van der Waals surface area contributed by atoms with Gasteiger partial charge < -0.3 is 5.32 Å². The second-order valence-corrected chi connectivity index (χ2v) is 6.36. The van der Waals surface area contributed by atoms with Crippen LogP contribution in [0.2, 0.25) is 0 Å². The molecule has 112 valence electrons. The van der Waals surface area contributed by atoms with Crippen molar-refractivity contribution in [2.75, 3.05) is 5.32 Å². The number of non-ortho nitro benzene ring substituents is 1. The molecule has 1 aromatic rings. The van der Waals surface area contributed by atoms with Gasteiger partial charge in [0.25, 0.3) is 5.69 Å². The Morgan fingerprint density at radius 3 is 2.10 bits per heavy atom. The molecule has 0 amide bonds. The van der Waals surface area contributed by atoms with Gasteiger partial charge >= 0.3 is 0 Å². The summed E-state index contributed by atoms with van der Waals surface area (Å²) in [6.45, 7) is 10.8. The average molecular weight is 278 g/mol. The van der Waals surface area contributed by atoms with E-state index >= 15 is 0 Å². The lowest BCUT2D eigenvalue weighted by atomic mass is 9.95. The van der Waals surface area contributed by atoms with Crippen molar-refractivity contribution in [3.63, 3.8) is 0 Å². The fourth-order valence-corrected chi connectivity index (χ4v) is 2.50. The van der Waals surface area contributed by atoms with Gasteiger partial charge in [-0.25, -0.2) is 0 Å². The van der Waals surface area contributed by atoms with Crippen molar-refractivity contribution in [2.45, 2.75) is 53.5 Å². The van der Waals surface area contributed by atoms with E-state index in [1.807, 2.05) is 13.0 Å². The Labute approximate surface area is 121 Å². The third-order valence-corrected chi connectivity index (χ3v) is 3.29. The van der Waals surface area contributed by atoms with E-state index in [9.17, 15) is 10.1 Å². The minimum Gasteiger partial charge on any atom is -0.382 e. The fraction of sp³-hybridized carbons (Fsp3) is 0.625. The van der Waals surface area contributed by atoms with Crippen LogP contribution in [-0.2, 0) is 0 Å². The molecule has 0 saturated heterocycles. The molecule has 0 aliphatic heterocycles. The van der Waals surface area contributed by atoms with Gasteiger partial charge in [-0.3, -0.25) is 10.1 Å². The van der Waals surface area contributed by atoms with E-state index in [0.29, 0.717) is 17.9 Å². The van der Waals surface area contributed by atoms with Crippen LogP contribution >= 0.6 is 0 Å². The maximum Gasteiger partial charge on any atom is 0.269 e. The van der Waals surface area contributed by atoms with Crippen molar-refractivity contribution in [3.05, 3.63) is 33.9 Å². The summed E-state index contributed by atoms with van der Waals surface area (Å²) in [5, 5.41) is 14.3. The Morgan fingerprint density at radius 1 is 1.15 bits per heavy atom. The molecule has 0 spiro atoms. The lowest BCUT2D eigenvalue weighted by Gasteiger charge is -2.24. The summed E-state index contributed by atoms with van der Waals surface area (Å²) in [6, 6.07) is 5.43. The van der Waals surface area contributed by atoms with Gasteiger partial charge in [0.15, 0.2) is 0 Å². The highest BCUT2D eigenvalue weighted by molar-refractivity contribution is 5.55. The van der Waals surface area contributed by atoms with Crippen molar-refractivity contribution in [2.24, 2.45) is 11.8 Å². The first-order chi connectivity index (χ1) is 9.29. The van der Waals surface area contributed by atoms with Gasteiger partial charge in [0.05, 0.1) is 4.92 Å². The molecule has 0 unspecified atom stereocenters. The first kappa shape index (κ1) is 16.5. The van der Waals surface area contributed by atoms with Gasteiger partial charge in [0.1, 0.15) is 0 Å². The number of nitro benzene ring substituents is 1. The highest BCUT2D eigenvalue weighted by atomic mass is 16.6. The number of hydrogen-bond acceptors (Lipinski definition) is 3. The minimum atomic E-state index is -0.351. The van der Waals surface area contributed by atoms with Crippen LogP contribution in [0.4, 0.5) is 11.4 Å². The number of aryl methyl sites for hydroxylation is 1. The zero-order chi connectivity index (χ0) is 15.3. The molecule has 0 aromatic heterocycles. The monoisotopic (exact) mass is 278 g/mol. The van der Waals surface area contributed by atoms with Gasteiger partial charge in [-0.2, -0.15) is 0 Å². The van der Waals surface area contributed by atoms with E-state index in [2.05, 4.69) is 33.0 Å². The largest absolute Gasteiger partial charge is 0.382 e. The zero-order valence-corrected chi connectivity index (χ0v) is 13.1. The lowest BCUT2D eigenvalue weighted by molar-refractivity contribution is -0.384. The van der Waals surface area contributed by atoms with Crippen LogP contribution in [-0.4, -0.2) is 11.0 Å². The molecule has 20 heavy (non-hydrogen) atoms. The predicted octanol–water partition coefficient (Wildman–Crippen LogP) is 4.78. The van der Waals surface area contributed by atoms with Crippen LogP contribution in [0.25, 0.3) is 0 Å². The van der Waals surface area contributed by atoms with Crippen LogP contribution in [0, 0.1) is 28.9 Å². The minimum absolute atomic E-state index is 0.150. The van der Waals surface area contributed by atoms with Gasteiger partial charge in [-0.15, -0.1) is 0 Å². The summed E-state index contributed by atoms with van der Waals surface area (Å²) >= 11 is 0. The normalized spacial score (nSPS) is 11.4. The Kier molecular flexibility index (Phi) is 5.99. The molecule has 4 heteroatoms. The van der Waals surface area contributed by atoms with Crippen LogP contribution in [0.5, 0.6) is 0 Å². The molecule has 4 nitrogen and oxygen atoms in total. The summed E-state index contributed by atoms with van der Waals surface area (Å²) in [7, 11) is 0. The number of hydrogen-bond donors (Lipinski definition) is 1. The van der Waals surface area contributed by atoms with Crippen molar-refractivity contribution in [1.29, 1.82) is 0 Å². The Bertz CT molecular complexity index is 446. The number of nitro groups is 1. The van der Waals surface area contributed by atoms with E-state index in [0.717, 1.165) is 24.1 Å². The quantitative estimate of drug-likeness (QED) is 0.577. The molecule has 0 aliphatic carbocycles. The first-order valence-electron chi connectivity index (χ1n) is 7.31. The van der Waals surface area contributed by atoms with Crippen LogP contribution in [0.3, 0.4) is 0 Å². The smallest absolute Gasteiger partial charge is 0.269 e. The lowest BCUT2D eigenvalue weighted by Crippen LogP contribution is -2.24. The molecular formula is C16H26N2O2. The molecular weight excluding hydrogens is 252 g/mol. The third kappa shape index (κ3) is 5.19. The Morgan fingerprint density at radius 2 is 1.70 bits per heavy atom. The summed E-state index contributed by atoms with van der Waals surface area (Å²) in [4.78, 5) is 10.4. The molecule has 0 bridgehead atoms. The predicted molar refractivity (Wildman–Crippen MR) is 84.2 cm³/mol. The van der Waals surface area contributed by atoms with E-state index in [-0.39, 0.29) is 10.6 Å². The summed E-state index contributed by atoms with van der Waals surface area (Å²) in [6.07, 6.45) is 2.21. The summed E-state index contributed by atoms with van der Waals surface area (Å²) in [5.74, 6) is 1.26. The number of rotatable bonds is 7. The van der Waals surface area contributed by atoms with Crippen molar-refractivity contribution in [3.8, 4) is 0 Å². The van der Waals surface area contributed by atoms with Gasteiger partial charge in [0.2, 0.25) is 0 Å². The molecule has 1 aromatic carbocycles. The third-order valence-electron chi connectivity index (χ3n) is 3.29. The number of nitrogens with zero attached hydrogens (tertiary/aromatic N) is 1. The van der Waals surface area contributed by atoms with Crippen LogP contribution in [0.1, 0.15) is 46.1 Å². The molecule has 0 aliphatic rings. The van der Waals surface area contributed by atoms with Crippen molar-refractivity contribution < 1.29 is 4.92 Å².